The van der Waals surface area contributed by atoms with Gasteiger partial charge in [-0.2, -0.15) is 0 Å². The summed E-state index contributed by atoms with van der Waals surface area (Å²) in [6, 6.07) is 4.61. The van der Waals surface area contributed by atoms with Crippen LogP contribution in [0.1, 0.15) is 24.6 Å². The highest BCUT2D eigenvalue weighted by molar-refractivity contribution is 7.80. The van der Waals surface area contributed by atoms with E-state index in [4.69, 9.17) is 18.0 Å². The molecule has 1 saturated heterocycles. The van der Waals surface area contributed by atoms with Crippen LogP contribution in [0.4, 0.5) is 0 Å². The summed E-state index contributed by atoms with van der Waals surface area (Å²) in [6.07, 6.45) is 3.01. The highest BCUT2D eigenvalue weighted by Crippen LogP contribution is 2.13. The monoisotopic (exact) mass is 278 g/mol. The van der Waals surface area contributed by atoms with Crippen LogP contribution < -0.4 is 5.73 Å². The second kappa shape index (κ2) is 6.41. The number of thiocarbonyl (C=S) groups is 1. The molecular formula is C14H22N4S. The molecule has 0 bridgehead atoms. The largest absolute Gasteiger partial charge is 0.388 e. The molecule has 5 heteroatoms. The van der Waals surface area contributed by atoms with E-state index in [0.717, 1.165) is 19.6 Å². The molecule has 2 heterocycles. The number of nitrogens with zero attached hydrogens (tertiary/aromatic N) is 3. The normalized spacial score (nSPS) is 22.1. The second-order valence-corrected chi connectivity index (χ2v) is 5.79. The quantitative estimate of drug-likeness (QED) is 0.843. The average molecular weight is 278 g/mol. The van der Waals surface area contributed by atoms with Gasteiger partial charge in [0.1, 0.15) is 4.99 Å². The molecular weight excluding hydrogens is 256 g/mol. The Hall–Kier alpha value is -1.04. The van der Waals surface area contributed by atoms with Crippen molar-refractivity contribution in [3.8, 4) is 0 Å². The van der Waals surface area contributed by atoms with Crippen LogP contribution in [0.3, 0.4) is 0 Å². The lowest BCUT2D eigenvalue weighted by Crippen LogP contribution is -2.37. The summed E-state index contributed by atoms with van der Waals surface area (Å²) < 4.78 is 0. The van der Waals surface area contributed by atoms with Gasteiger partial charge in [-0.15, -0.1) is 0 Å². The number of likely N-dealkylation sites (N-methyl/N-ethyl adjacent to an activating group) is 1. The van der Waals surface area contributed by atoms with Gasteiger partial charge in [-0.25, -0.2) is 0 Å². The molecule has 19 heavy (non-hydrogen) atoms. The van der Waals surface area contributed by atoms with Crippen molar-refractivity contribution in [3.05, 3.63) is 29.6 Å². The maximum atomic E-state index is 5.63. The molecule has 2 rings (SSSR count). The second-order valence-electron chi connectivity index (χ2n) is 5.35. The van der Waals surface area contributed by atoms with E-state index in [9.17, 15) is 0 Å². The van der Waals surface area contributed by atoms with Crippen molar-refractivity contribution in [3.63, 3.8) is 0 Å². The lowest BCUT2D eigenvalue weighted by Gasteiger charge is -2.27. The fraction of sp³-hybridized carbons (Fsp3) is 0.571. The Bertz CT molecular complexity index is 449. The summed E-state index contributed by atoms with van der Waals surface area (Å²) in [4.78, 5) is 9.47. The van der Waals surface area contributed by atoms with Crippen LogP contribution in [0, 0.1) is 0 Å². The molecule has 1 aromatic rings. The van der Waals surface area contributed by atoms with E-state index in [2.05, 4.69) is 28.8 Å². The highest BCUT2D eigenvalue weighted by Gasteiger charge is 2.19. The molecule has 1 aliphatic rings. The minimum absolute atomic E-state index is 0.366. The molecule has 4 nitrogen and oxygen atoms in total. The first-order valence-corrected chi connectivity index (χ1v) is 7.14. The predicted molar refractivity (Wildman–Crippen MR) is 82.1 cm³/mol. The van der Waals surface area contributed by atoms with Crippen LogP contribution in [0.2, 0.25) is 0 Å². The van der Waals surface area contributed by atoms with Crippen molar-refractivity contribution in [1.29, 1.82) is 0 Å². The molecule has 1 unspecified atom stereocenters. The summed E-state index contributed by atoms with van der Waals surface area (Å²) in [6.45, 7) is 6.66. The Morgan fingerprint density at radius 3 is 3.05 bits per heavy atom. The van der Waals surface area contributed by atoms with Crippen LogP contribution in [-0.4, -0.2) is 52.5 Å². The highest BCUT2D eigenvalue weighted by atomic mass is 32.1. The van der Waals surface area contributed by atoms with E-state index in [0.29, 0.717) is 16.7 Å². The summed E-state index contributed by atoms with van der Waals surface area (Å²) in [5.74, 6) is 0. The van der Waals surface area contributed by atoms with Gasteiger partial charge in [-0.05, 0) is 44.6 Å². The average Bonchev–Trinajstić information content (AvgIpc) is 2.52. The van der Waals surface area contributed by atoms with Gasteiger partial charge in [0.25, 0.3) is 0 Å². The number of aromatic nitrogens is 1. The first-order chi connectivity index (χ1) is 9.06. The fourth-order valence-electron chi connectivity index (χ4n) is 2.60. The molecule has 0 amide bonds. The number of hydrogen-bond acceptors (Lipinski definition) is 4. The van der Waals surface area contributed by atoms with E-state index < -0.39 is 0 Å². The van der Waals surface area contributed by atoms with Gasteiger partial charge in [-0.1, -0.05) is 12.2 Å². The van der Waals surface area contributed by atoms with Crippen LogP contribution in [0.5, 0.6) is 0 Å². The molecule has 0 aliphatic carbocycles. The molecule has 1 aliphatic heterocycles. The van der Waals surface area contributed by atoms with Crippen LogP contribution in [0.15, 0.2) is 18.3 Å². The number of nitrogens with two attached hydrogens (primary N) is 1. The van der Waals surface area contributed by atoms with Crippen LogP contribution >= 0.6 is 12.2 Å². The third-order valence-electron chi connectivity index (χ3n) is 3.65. The van der Waals surface area contributed by atoms with E-state index in [1.807, 2.05) is 12.1 Å². The van der Waals surface area contributed by atoms with E-state index in [1.165, 1.54) is 18.5 Å². The van der Waals surface area contributed by atoms with E-state index in [1.54, 1.807) is 6.20 Å². The lowest BCUT2D eigenvalue weighted by atomic mass is 10.2. The van der Waals surface area contributed by atoms with E-state index >= 15 is 0 Å². The zero-order chi connectivity index (χ0) is 13.8. The first-order valence-electron chi connectivity index (χ1n) is 6.73. The van der Waals surface area contributed by atoms with Gasteiger partial charge in [0.15, 0.2) is 0 Å². The van der Waals surface area contributed by atoms with Gasteiger partial charge in [0.05, 0.1) is 5.69 Å². The molecule has 0 spiro atoms. The van der Waals surface area contributed by atoms with Gasteiger partial charge in [-0.3, -0.25) is 9.88 Å². The standard InChI is InChI=1S/C14H22N4S/c1-11-9-17(2)6-3-7-18(11)10-12-4-5-16-13(8-12)14(15)19/h4-5,8,11H,3,6-7,9-10H2,1-2H3,(H2,15,19). The smallest absolute Gasteiger partial charge is 0.122 e. The van der Waals surface area contributed by atoms with E-state index in [-0.39, 0.29) is 0 Å². The Balaban J connectivity index is 2.07. The van der Waals surface area contributed by atoms with Crippen LogP contribution in [0.25, 0.3) is 0 Å². The van der Waals surface area contributed by atoms with Crippen molar-refractivity contribution in [2.45, 2.75) is 25.9 Å². The summed E-state index contributed by atoms with van der Waals surface area (Å²) in [7, 11) is 2.19. The summed E-state index contributed by atoms with van der Waals surface area (Å²) >= 11 is 4.98. The molecule has 1 aromatic heterocycles. The Morgan fingerprint density at radius 2 is 2.32 bits per heavy atom. The summed E-state index contributed by atoms with van der Waals surface area (Å²) in [5.41, 5.74) is 7.58. The van der Waals surface area contributed by atoms with Crippen molar-refractivity contribution in [2.75, 3.05) is 26.7 Å². The number of hydrogen-bond donors (Lipinski definition) is 1. The first kappa shape index (κ1) is 14.4. The molecule has 1 atom stereocenters. The van der Waals surface area contributed by atoms with Crippen molar-refractivity contribution < 1.29 is 0 Å². The van der Waals surface area contributed by atoms with Crippen molar-refractivity contribution >= 4 is 17.2 Å². The maximum Gasteiger partial charge on any atom is 0.122 e. The van der Waals surface area contributed by atoms with Gasteiger partial charge in [0.2, 0.25) is 0 Å². The third-order valence-corrected chi connectivity index (χ3v) is 3.86. The Morgan fingerprint density at radius 1 is 1.53 bits per heavy atom. The van der Waals surface area contributed by atoms with Gasteiger partial charge >= 0.3 is 0 Å². The van der Waals surface area contributed by atoms with Crippen molar-refractivity contribution in [2.24, 2.45) is 5.73 Å². The molecule has 0 saturated carbocycles. The maximum absolute atomic E-state index is 5.63. The Kier molecular flexibility index (Phi) is 4.85. The molecule has 0 radical (unpaired) electrons. The zero-order valence-electron chi connectivity index (χ0n) is 11.7. The summed E-state index contributed by atoms with van der Waals surface area (Å²) in [5, 5.41) is 0. The molecule has 1 fully saturated rings. The zero-order valence-corrected chi connectivity index (χ0v) is 12.5. The van der Waals surface area contributed by atoms with Crippen molar-refractivity contribution in [1.82, 2.24) is 14.8 Å². The topological polar surface area (TPSA) is 45.4 Å². The Labute approximate surface area is 120 Å². The minimum atomic E-state index is 0.366. The van der Waals surface area contributed by atoms with Gasteiger partial charge in [0, 0.05) is 31.9 Å². The molecule has 2 N–H and O–H groups in total. The predicted octanol–water partition coefficient (Wildman–Crippen LogP) is 1.24. The van der Waals surface area contributed by atoms with Gasteiger partial charge < -0.3 is 10.6 Å². The number of pyridine rings is 1. The minimum Gasteiger partial charge on any atom is -0.388 e. The molecule has 104 valence electrons. The number of rotatable bonds is 3. The lowest BCUT2D eigenvalue weighted by molar-refractivity contribution is 0.194. The third kappa shape index (κ3) is 3.96. The fourth-order valence-corrected chi connectivity index (χ4v) is 2.71. The SMILES string of the molecule is CC1CN(C)CCCN1Cc1ccnc(C(N)=S)c1. The molecule has 0 aromatic carbocycles. The van der Waals surface area contributed by atoms with Crippen LogP contribution in [-0.2, 0) is 6.54 Å².